The Bertz CT molecular complexity index is 281. The molecular weight excluding hydrogens is 190 g/mol. The first kappa shape index (κ1) is 12.2. The van der Waals surface area contributed by atoms with Crippen LogP contribution in [-0.2, 0) is 13.0 Å². The first-order valence-electron chi connectivity index (χ1n) is 5.28. The van der Waals surface area contributed by atoms with Gasteiger partial charge in [0, 0.05) is 25.3 Å². The van der Waals surface area contributed by atoms with Crippen LogP contribution in [0.15, 0.2) is 12.4 Å². The highest BCUT2D eigenvalue weighted by Crippen LogP contribution is 2.02. The number of nitrogens with zero attached hydrogens (tertiary/aromatic N) is 3. The largest absolute Gasteiger partial charge is 0.308 e. The van der Waals surface area contributed by atoms with Gasteiger partial charge in [0.15, 0.2) is 0 Å². The Hall–Kier alpha value is -0.910. The van der Waals surface area contributed by atoms with Crippen LogP contribution in [0.2, 0.25) is 0 Å². The zero-order valence-electron chi connectivity index (χ0n) is 9.77. The van der Waals surface area contributed by atoms with Gasteiger partial charge in [-0.3, -0.25) is 16.0 Å². The van der Waals surface area contributed by atoms with E-state index in [9.17, 15) is 0 Å². The zero-order chi connectivity index (χ0) is 11.3. The van der Waals surface area contributed by atoms with Gasteiger partial charge in [-0.15, -0.1) is 0 Å². The Morgan fingerprint density at radius 2 is 2.33 bits per heavy atom. The summed E-state index contributed by atoms with van der Waals surface area (Å²) in [5.74, 6) is 5.50. The molecule has 5 nitrogen and oxygen atoms in total. The van der Waals surface area contributed by atoms with Crippen LogP contribution in [0.5, 0.6) is 0 Å². The highest BCUT2D eigenvalue weighted by Gasteiger charge is 2.09. The summed E-state index contributed by atoms with van der Waals surface area (Å²) in [5.41, 5.74) is 4.05. The number of hydrogen-bond acceptors (Lipinski definition) is 4. The van der Waals surface area contributed by atoms with E-state index in [4.69, 9.17) is 5.84 Å². The first-order valence-corrected chi connectivity index (χ1v) is 5.28. The van der Waals surface area contributed by atoms with Gasteiger partial charge in [-0.05, 0) is 33.0 Å². The molecular formula is C10H21N5. The predicted octanol–water partition coefficient (Wildman–Crippen LogP) is -0.161. The molecule has 0 fully saturated rings. The van der Waals surface area contributed by atoms with Crippen LogP contribution >= 0.6 is 0 Å². The second kappa shape index (κ2) is 5.85. The molecule has 3 N–H and O–H groups in total. The van der Waals surface area contributed by atoms with Gasteiger partial charge < -0.3 is 4.90 Å². The smallest absolute Gasteiger partial charge is 0.0522 e. The lowest BCUT2D eigenvalue weighted by atomic mass is 10.1. The first-order chi connectivity index (χ1) is 7.15. The highest BCUT2D eigenvalue weighted by atomic mass is 15.3. The summed E-state index contributed by atoms with van der Waals surface area (Å²) in [6, 6.07) is 0.273. The minimum absolute atomic E-state index is 0.273. The van der Waals surface area contributed by atoms with Crippen molar-refractivity contribution in [2.24, 2.45) is 5.84 Å². The number of nitrogens with two attached hydrogens (primary N) is 1. The molecule has 0 aliphatic carbocycles. The van der Waals surface area contributed by atoms with Crippen molar-refractivity contribution < 1.29 is 0 Å². The second-order valence-electron chi connectivity index (χ2n) is 4.03. The number of hydrazine groups is 1. The van der Waals surface area contributed by atoms with E-state index in [-0.39, 0.29) is 6.04 Å². The van der Waals surface area contributed by atoms with E-state index >= 15 is 0 Å². The molecule has 1 heterocycles. The van der Waals surface area contributed by atoms with Crippen LogP contribution < -0.4 is 11.3 Å². The molecule has 1 aromatic rings. The maximum absolute atomic E-state index is 5.50. The molecule has 0 spiro atoms. The number of likely N-dealkylation sites (N-methyl/N-ethyl adjacent to an activating group) is 1. The van der Waals surface area contributed by atoms with Gasteiger partial charge >= 0.3 is 0 Å². The maximum atomic E-state index is 5.50. The van der Waals surface area contributed by atoms with Crippen LogP contribution in [0.25, 0.3) is 0 Å². The Balaban J connectivity index is 2.50. The molecule has 0 saturated carbocycles. The van der Waals surface area contributed by atoms with E-state index in [1.54, 1.807) is 0 Å². The average Bonchev–Trinajstić information content (AvgIpc) is 2.64. The van der Waals surface area contributed by atoms with Crippen molar-refractivity contribution in [1.82, 2.24) is 20.1 Å². The fraction of sp³-hybridized carbons (Fsp3) is 0.700. The third kappa shape index (κ3) is 3.99. The molecule has 0 bridgehead atoms. The average molecular weight is 211 g/mol. The Morgan fingerprint density at radius 1 is 1.60 bits per heavy atom. The summed E-state index contributed by atoms with van der Waals surface area (Å²) in [5, 5.41) is 4.24. The van der Waals surface area contributed by atoms with Gasteiger partial charge in [-0.25, -0.2) is 0 Å². The van der Waals surface area contributed by atoms with Crippen LogP contribution in [-0.4, -0.2) is 41.4 Å². The van der Waals surface area contributed by atoms with Crippen LogP contribution in [0.4, 0.5) is 0 Å². The van der Waals surface area contributed by atoms with Crippen molar-refractivity contribution in [2.75, 3.05) is 20.6 Å². The summed E-state index contributed by atoms with van der Waals surface area (Å²) in [4.78, 5) is 2.12. The minimum atomic E-state index is 0.273. The SMILES string of the molecule is CCn1cc(CC(CN(C)C)NN)cn1. The van der Waals surface area contributed by atoms with Crippen molar-refractivity contribution in [2.45, 2.75) is 25.9 Å². The lowest BCUT2D eigenvalue weighted by Crippen LogP contribution is -2.43. The monoisotopic (exact) mass is 211 g/mol. The second-order valence-corrected chi connectivity index (χ2v) is 4.03. The highest BCUT2D eigenvalue weighted by molar-refractivity contribution is 5.06. The fourth-order valence-corrected chi connectivity index (χ4v) is 1.59. The number of hydrogen-bond donors (Lipinski definition) is 2. The molecule has 1 atom stereocenters. The third-order valence-electron chi connectivity index (χ3n) is 2.31. The summed E-state index contributed by atoms with van der Waals surface area (Å²) in [7, 11) is 4.08. The normalized spacial score (nSPS) is 13.4. The van der Waals surface area contributed by atoms with Gasteiger partial charge in [0.05, 0.1) is 6.20 Å². The van der Waals surface area contributed by atoms with Crippen molar-refractivity contribution >= 4 is 0 Å². The zero-order valence-corrected chi connectivity index (χ0v) is 9.77. The topological polar surface area (TPSA) is 59.1 Å². The lowest BCUT2D eigenvalue weighted by molar-refractivity contribution is 0.338. The molecule has 1 aromatic heterocycles. The molecule has 0 aliphatic rings. The molecule has 86 valence electrons. The van der Waals surface area contributed by atoms with Gasteiger partial charge in [-0.1, -0.05) is 0 Å². The summed E-state index contributed by atoms with van der Waals surface area (Å²) < 4.78 is 1.93. The van der Waals surface area contributed by atoms with Crippen molar-refractivity contribution in [3.05, 3.63) is 18.0 Å². The Morgan fingerprint density at radius 3 is 2.80 bits per heavy atom. The van der Waals surface area contributed by atoms with Crippen LogP contribution in [0.3, 0.4) is 0 Å². The number of aromatic nitrogens is 2. The third-order valence-corrected chi connectivity index (χ3v) is 2.31. The van der Waals surface area contributed by atoms with E-state index in [0.29, 0.717) is 0 Å². The van der Waals surface area contributed by atoms with E-state index in [2.05, 4.69) is 28.5 Å². The molecule has 0 saturated heterocycles. The van der Waals surface area contributed by atoms with E-state index in [1.165, 1.54) is 5.56 Å². The lowest BCUT2D eigenvalue weighted by Gasteiger charge is -2.19. The van der Waals surface area contributed by atoms with E-state index in [1.807, 2.05) is 25.0 Å². The van der Waals surface area contributed by atoms with Crippen LogP contribution in [0.1, 0.15) is 12.5 Å². The number of aryl methyl sites for hydroxylation is 1. The number of rotatable bonds is 6. The minimum Gasteiger partial charge on any atom is -0.308 e. The standard InChI is InChI=1S/C10H21N5/c1-4-15-7-9(6-12-15)5-10(13-11)8-14(2)3/h6-7,10,13H,4-5,8,11H2,1-3H3. The summed E-state index contributed by atoms with van der Waals surface area (Å²) in [6.45, 7) is 3.91. The molecule has 0 aliphatic heterocycles. The van der Waals surface area contributed by atoms with Crippen molar-refractivity contribution in [3.63, 3.8) is 0 Å². The molecule has 1 unspecified atom stereocenters. The number of nitrogens with one attached hydrogen (secondary N) is 1. The van der Waals surface area contributed by atoms with Gasteiger partial charge in [0.25, 0.3) is 0 Å². The molecule has 0 aromatic carbocycles. The van der Waals surface area contributed by atoms with Gasteiger partial charge in [0.1, 0.15) is 0 Å². The van der Waals surface area contributed by atoms with E-state index < -0.39 is 0 Å². The van der Waals surface area contributed by atoms with Gasteiger partial charge in [0.2, 0.25) is 0 Å². The predicted molar refractivity (Wildman–Crippen MR) is 61.3 cm³/mol. The van der Waals surface area contributed by atoms with Crippen molar-refractivity contribution in [3.8, 4) is 0 Å². The van der Waals surface area contributed by atoms with Crippen LogP contribution in [0, 0.1) is 0 Å². The van der Waals surface area contributed by atoms with E-state index in [0.717, 1.165) is 19.5 Å². The Kier molecular flexibility index (Phi) is 4.74. The molecule has 5 heteroatoms. The molecule has 0 amide bonds. The van der Waals surface area contributed by atoms with Crippen molar-refractivity contribution in [1.29, 1.82) is 0 Å². The van der Waals surface area contributed by atoms with Gasteiger partial charge in [-0.2, -0.15) is 5.10 Å². The Labute approximate surface area is 91.2 Å². The summed E-state index contributed by atoms with van der Waals surface area (Å²) in [6.07, 6.45) is 4.89. The molecule has 0 radical (unpaired) electrons. The fourth-order valence-electron chi connectivity index (χ4n) is 1.59. The quantitative estimate of drug-likeness (QED) is 0.507. The summed E-state index contributed by atoms with van der Waals surface area (Å²) >= 11 is 0. The molecule has 1 rings (SSSR count). The molecule has 15 heavy (non-hydrogen) atoms. The maximum Gasteiger partial charge on any atom is 0.0522 e.